The van der Waals surface area contributed by atoms with E-state index in [0.29, 0.717) is 6.04 Å². The standard InChI is InChI=1S/C14H16ClN3S/c1-18-9-16-7-11(18)8-17-13-4-5-19-14-3-2-10(15)6-12(13)14/h2-3,6-7,9,13,17H,4-5,8H2,1H3. The molecule has 0 aliphatic carbocycles. The van der Waals surface area contributed by atoms with Gasteiger partial charge in [-0.15, -0.1) is 11.8 Å². The summed E-state index contributed by atoms with van der Waals surface area (Å²) >= 11 is 8.03. The van der Waals surface area contributed by atoms with Crippen LogP contribution in [-0.4, -0.2) is 15.3 Å². The second-order valence-corrected chi connectivity index (χ2v) is 6.32. The Bertz CT molecular complexity index is 582. The summed E-state index contributed by atoms with van der Waals surface area (Å²) in [5, 5.41) is 4.43. The Morgan fingerprint density at radius 1 is 1.53 bits per heavy atom. The van der Waals surface area contributed by atoms with Crippen LogP contribution >= 0.6 is 23.4 Å². The van der Waals surface area contributed by atoms with Crippen LogP contribution in [0.4, 0.5) is 0 Å². The second-order valence-electron chi connectivity index (χ2n) is 4.75. The SMILES string of the molecule is Cn1cncc1CNC1CCSc2ccc(Cl)cc21. The van der Waals surface area contributed by atoms with Crippen molar-refractivity contribution in [1.29, 1.82) is 0 Å². The average Bonchev–Trinajstić information content (AvgIpc) is 2.82. The van der Waals surface area contributed by atoms with Crippen molar-refractivity contribution in [2.45, 2.75) is 23.9 Å². The molecule has 2 heterocycles. The first-order valence-corrected chi connectivity index (χ1v) is 7.71. The summed E-state index contributed by atoms with van der Waals surface area (Å²) in [5.74, 6) is 1.15. The van der Waals surface area contributed by atoms with Crippen LogP contribution < -0.4 is 5.32 Å². The third-order valence-electron chi connectivity index (χ3n) is 3.46. The minimum atomic E-state index is 0.379. The van der Waals surface area contributed by atoms with Gasteiger partial charge in [0.15, 0.2) is 0 Å². The molecule has 3 rings (SSSR count). The van der Waals surface area contributed by atoms with Gasteiger partial charge in [0.2, 0.25) is 0 Å². The van der Waals surface area contributed by atoms with Gasteiger partial charge in [-0.1, -0.05) is 11.6 Å². The van der Waals surface area contributed by atoms with Gasteiger partial charge in [-0.05, 0) is 35.9 Å². The zero-order chi connectivity index (χ0) is 13.2. The van der Waals surface area contributed by atoms with Crippen LogP contribution in [0.2, 0.25) is 5.02 Å². The minimum Gasteiger partial charge on any atom is -0.337 e. The number of imidazole rings is 1. The van der Waals surface area contributed by atoms with Gasteiger partial charge >= 0.3 is 0 Å². The van der Waals surface area contributed by atoms with Crippen molar-refractivity contribution in [2.24, 2.45) is 7.05 Å². The summed E-state index contributed by atoms with van der Waals surface area (Å²) in [5.41, 5.74) is 2.52. The molecule has 0 saturated heterocycles. The summed E-state index contributed by atoms with van der Waals surface area (Å²) in [7, 11) is 2.02. The Morgan fingerprint density at radius 2 is 2.42 bits per heavy atom. The zero-order valence-corrected chi connectivity index (χ0v) is 12.3. The quantitative estimate of drug-likeness (QED) is 0.941. The van der Waals surface area contributed by atoms with Gasteiger partial charge in [0, 0.05) is 35.7 Å². The number of rotatable bonds is 3. The van der Waals surface area contributed by atoms with E-state index in [2.05, 4.69) is 22.4 Å². The van der Waals surface area contributed by atoms with Crippen molar-refractivity contribution in [2.75, 3.05) is 5.75 Å². The molecule has 0 bridgehead atoms. The molecule has 1 aromatic heterocycles. The highest BCUT2D eigenvalue weighted by Crippen LogP contribution is 2.37. The minimum absolute atomic E-state index is 0.379. The van der Waals surface area contributed by atoms with Crippen LogP contribution in [-0.2, 0) is 13.6 Å². The number of nitrogens with zero attached hydrogens (tertiary/aromatic N) is 2. The van der Waals surface area contributed by atoms with Crippen molar-refractivity contribution in [3.63, 3.8) is 0 Å². The number of aromatic nitrogens is 2. The molecule has 0 fully saturated rings. The Balaban J connectivity index is 1.76. The first-order valence-electron chi connectivity index (χ1n) is 6.35. The summed E-state index contributed by atoms with van der Waals surface area (Å²) in [6.07, 6.45) is 4.87. The zero-order valence-electron chi connectivity index (χ0n) is 10.8. The van der Waals surface area contributed by atoms with Crippen LogP contribution in [0.3, 0.4) is 0 Å². The predicted octanol–water partition coefficient (Wildman–Crippen LogP) is 3.40. The average molecular weight is 294 g/mol. The number of nitrogens with one attached hydrogen (secondary N) is 1. The maximum absolute atomic E-state index is 6.12. The molecule has 2 aromatic rings. The number of aryl methyl sites for hydroxylation is 1. The lowest BCUT2D eigenvalue weighted by Crippen LogP contribution is -2.25. The Hall–Kier alpha value is -0.970. The molecule has 0 saturated carbocycles. The van der Waals surface area contributed by atoms with Crippen molar-refractivity contribution in [1.82, 2.24) is 14.9 Å². The largest absolute Gasteiger partial charge is 0.337 e. The molecular weight excluding hydrogens is 278 g/mol. The molecule has 1 unspecified atom stereocenters. The molecule has 0 spiro atoms. The van der Waals surface area contributed by atoms with Crippen LogP contribution in [0.1, 0.15) is 23.7 Å². The lowest BCUT2D eigenvalue weighted by atomic mass is 10.0. The van der Waals surface area contributed by atoms with E-state index in [1.807, 2.05) is 42.0 Å². The van der Waals surface area contributed by atoms with Crippen molar-refractivity contribution in [3.05, 3.63) is 47.0 Å². The van der Waals surface area contributed by atoms with Crippen LogP contribution in [0.5, 0.6) is 0 Å². The monoisotopic (exact) mass is 293 g/mol. The highest BCUT2D eigenvalue weighted by atomic mass is 35.5. The van der Waals surface area contributed by atoms with Gasteiger partial charge in [0.1, 0.15) is 0 Å². The first-order chi connectivity index (χ1) is 9.24. The van der Waals surface area contributed by atoms with E-state index < -0.39 is 0 Å². The second kappa shape index (κ2) is 5.57. The smallest absolute Gasteiger partial charge is 0.0945 e. The Kier molecular flexibility index (Phi) is 3.82. The molecule has 1 aromatic carbocycles. The Morgan fingerprint density at radius 3 is 3.21 bits per heavy atom. The van der Waals surface area contributed by atoms with Gasteiger partial charge < -0.3 is 9.88 Å². The fourth-order valence-corrected chi connectivity index (χ4v) is 3.65. The summed E-state index contributed by atoms with van der Waals surface area (Å²) in [6, 6.07) is 6.56. The van der Waals surface area contributed by atoms with E-state index in [1.165, 1.54) is 16.2 Å². The predicted molar refractivity (Wildman–Crippen MR) is 79.6 cm³/mol. The highest BCUT2D eigenvalue weighted by molar-refractivity contribution is 7.99. The summed E-state index contributed by atoms with van der Waals surface area (Å²) in [4.78, 5) is 5.49. The van der Waals surface area contributed by atoms with Crippen LogP contribution in [0.15, 0.2) is 35.6 Å². The molecule has 1 aliphatic rings. The van der Waals surface area contributed by atoms with Gasteiger partial charge in [-0.3, -0.25) is 0 Å². The van der Waals surface area contributed by atoms with E-state index in [9.17, 15) is 0 Å². The van der Waals surface area contributed by atoms with Gasteiger partial charge in [0.25, 0.3) is 0 Å². The maximum atomic E-state index is 6.12. The fraction of sp³-hybridized carbons (Fsp3) is 0.357. The van der Waals surface area contributed by atoms with Gasteiger partial charge in [-0.2, -0.15) is 0 Å². The normalized spacial score (nSPS) is 18.3. The van der Waals surface area contributed by atoms with E-state index in [4.69, 9.17) is 11.6 Å². The molecular formula is C14H16ClN3S. The van der Waals surface area contributed by atoms with Crippen LogP contribution in [0, 0.1) is 0 Å². The topological polar surface area (TPSA) is 29.9 Å². The first kappa shape index (κ1) is 13.0. The van der Waals surface area contributed by atoms with Gasteiger partial charge in [-0.25, -0.2) is 4.98 Å². The fourth-order valence-electron chi connectivity index (χ4n) is 2.36. The summed E-state index contributed by atoms with van der Waals surface area (Å²) < 4.78 is 2.05. The molecule has 5 heteroatoms. The molecule has 1 aliphatic heterocycles. The van der Waals surface area contributed by atoms with Crippen molar-refractivity contribution < 1.29 is 0 Å². The molecule has 1 atom stereocenters. The van der Waals surface area contributed by atoms with E-state index in [0.717, 1.165) is 23.7 Å². The van der Waals surface area contributed by atoms with E-state index in [1.54, 1.807) is 0 Å². The summed E-state index contributed by atoms with van der Waals surface area (Å²) in [6.45, 7) is 0.831. The molecule has 19 heavy (non-hydrogen) atoms. The number of hydrogen-bond acceptors (Lipinski definition) is 3. The van der Waals surface area contributed by atoms with Crippen LogP contribution in [0.25, 0.3) is 0 Å². The number of fused-ring (bicyclic) bond motifs is 1. The number of halogens is 1. The number of benzene rings is 1. The molecule has 100 valence electrons. The van der Waals surface area contributed by atoms with Gasteiger partial charge in [0.05, 0.1) is 12.0 Å². The molecule has 1 N–H and O–H groups in total. The number of hydrogen-bond donors (Lipinski definition) is 1. The molecule has 0 amide bonds. The van der Waals surface area contributed by atoms with Crippen molar-refractivity contribution >= 4 is 23.4 Å². The third-order valence-corrected chi connectivity index (χ3v) is 4.82. The molecule has 0 radical (unpaired) electrons. The van der Waals surface area contributed by atoms with E-state index in [-0.39, 0.29) is 0 Å². The lowest BCUT2D eigenvalue weighted by Gasteiger charge is -2.26. The van der Waals surface area contributed by atoms with E-state index >= 15 is 0 Å². The lowest BCUT2D eigenvalue weighted by molar-refractivity contribution is 0.500. The number of thioether (sulfide) groups is 1. The van der Waals surface area contributed by atoms with Crippen molar-refractivity contribution in [3.8, 4) is 0 Å². The Labute approximate surface area is 122 Å². The highest BCUT2D eigenvalue weighted by Gasteiger charge is 2.20. The third kappa shape index (κ3) is 2.81. The molecule has 3 nitrogen and oxygen atoms in total. The maximum Gasteiger partial charge on any atom is 0.0945 e.